The van der Waals surface area contributed by atoms with Crippen LogP contribution in [0, 0.1) is 12.7 Å². The zero-order chi connectivity index (χ0) is 12.1. The van der Waals surface area contributed by atoms with Crippen LogP contribution < -0.4 is 5.32 Å². The fourth-order valence-corrected chi connectivity index (χ4v) is 1.32. The molecule has 0 fully saturated rings. The van der Waals surface area contributed by atoms with Gasteiger partial charge < -0.3 is 10.1 Å². The lowest BCUT2D eigenvalue weighted by Crippen LogP contribution is -2.20. The second kappa shape index (κ2) is 5.49. The van der Waals surface area contributed by atoms with Crippen molar-refractivity contribution in [2.24, 2.45) is 0 Å². The first-order chi connectivity index (χ1) is 7.47. The van der Waals surface area contributed by atoms with Gasteiger partial charge in [-0.05, 0) is 44.5 Å². The van der Waals surface area contributed by atoms with Crippen LogP contribution in [0.4, 0.5) is 10.1 Å². The predicted octanol–water partition coefficient (Wildman–Crippen LogP) is 2.50. The molecule has 0 aliphatic carbocycles. The molecule has 0 amide bonds. The van der Waals surface area contributed by atoms with Crippen molar-refractivity contribution in [2.45, 2.75) is 26.9 Å². The van der Waals surface area contributed by atoms with Gasteiger partial charge in [0.1, 0.15) is 12.4 Å². The smallest absolute Gasteiger partial charge is 0.325 e. The van der Waals surface area contributed by atoms with Crippen molar-refractivity contribution in [3.05, 3.63) is 29.6 Å². The zero-order valence-corrected chi connectivity index (χ0v) is 9.71. The van der Waals surface area contributed by atoms with Crippen LogP contribution in [-0.2, 0) is 9.53 Å². The molecule has 0 heterocycles. The zero-order valence-electron chi connectivity index (χ0n) is 9.71. The number of ether oxygens (including phenoxy) is 1. The first-order valence-electron chi connectivity index (χ1n) is 5.18. The summed E-state index contributed by atoms with van der Waals surface area (Å²) in [6.07, 6.45) is -0.136. The summed E-state index contributed by atoms with van der Waals surface area (Å²) in [5.74, 6) is -0.670. The molecule has 16 heavy (non-hydrogen) atoms. The molecule has 88 valence electrons. The van der Waals surface area contributed by atoms with E-state index in [1.165, 1.54) is 12.1 Å². The van der Waals surface area contributed by atoms with Crippen LogP contribution in [0.15, 0.2) is 18.2 Å². The number of benzene rings is 1. The Morgan fingerprint density at radius 2 is 2.12 bits per heavy atom. The van der Waals surface area contributed by atoms with Crippen LogP contribution in [0.25, 0.3) is 0 Å². The Kier molecular flexibility index (Phi) is 4.28. The van der Waals surface area contributed by atoms with Crippen molar-refractivity contribution < 1.29 is 13.9 Å². The van der Waals surface area contributed by atoms with Gasteiger partial charge in [-0.1, -0.05) is 0 Å². The van der Waals surface area contributed by atoms with Gasteiger partial charge in [0.15, 0.2) is 0 Å². The third-order valence-electron chi connectivity index (χ3n) is 1.85. The van der Waals surface area contributed by atoms with Gasteiger partial charge in [-0.15, -0.1) is 0 Å². The second-order valence-electron chi connectivity index (χ2n) is 3.91. The molecule has 0 saturated carbocycles. The first kappa shape index (κ1) is 12.5. The second-order valence-corrected chi connectivity index (χ2v) is 3.91. The summed E-state index contributed by atoms with van der Waals surface area (Å²) >= 11 is 0. The molecule has 0 saturated heterocycles. The minimum absolute atomic E-state index is 0.0427. The lowest BCUT2D eigenvalue weighted by molar-refractivity contribution is -0.145. The summed E-state index contributed by atoms with van der Waals surface area (Å²) < 4.78 is 17.9. The Morgan fingerprint density at radius 3 is 2.69 bits per heavy atom. The van der Waals surface area contributed by atoms with E-state index in [0.29, 0.717) is 5.69 Å². The summed E-state index contributed by atoms with van der Waals surface area (Å²) in [6.45, 7) is 5.40. The number of carbonyl (C=O) groups excluding carboxylic acids is 1. The molecule has 0 unspecified atom stereocenters. The highest BCUT2D eigenvalue weighted by atomic mass is 19.1. The van der Waals surface area contributed by atoms with Crippen LogP contribution in [0.5, 0.6) is 0 Å². The molecule has 1 rings (SSSR count). The third kappa shape index (κ3) is 4.29. The summed E-state index contributed by atoms with van der Waals surface area (Å²) in [6, 6.07) is 4.54. The Labute approximate surface area is 94.6 Å². The molecule has 0 aliphatic rings. The summed E-state index contributed by atoms with van der Waals surface area (Å²) in [4.78, 5) is 11.2. The van der Waals surface area contributed by atoms with E-state index in [1.54, 1.807) is 26.8 Å². The van der Waals surface area contributed by atoms with E-state index in [2.05, 4.69) is 5.32 Å². The SMILES string of the molecule is Cc1cc(F)cc(NCC(=O)OC(C)C)c1. The number of hydrogen-bond acceptors (Lipinski definition) is 3. The number of rotatable bonds is 4. The van der Waals surface area contributed by atoms with Crippen molar-refractivity contribution >= 4 is 11.7 Å². The largest absolute Gasteiger partial charge is 0.462 e. The number of hydrogen-bond donors (Lipinski definition) is 1. The minimum atomic E-state index is -0.350. The summed E-state index contributed by atoms with van der Waals surface area (Å²) in [5.41, 5.74) is 1.39. The van der Waals surface area contributed by atoms with Crippen LogP contribution in [0.2, 0.25) is 0 Å². The fraction of sp³-hybridized carbons (Fsp3) is 0.417. The van der Waals surface area contributed by atoms with E-state index in [0.717, 1.165) is 5.56 Å². The van der Waals surface area contributed by atoms with E-state index in [9.17, 15) is 9.18 Å². The van der Waals surface area contributed by atoms with Gasteiger partial charge in [0.05, 0.1) is 6.10 Å². The van der Waals surface area contributed by atoms with Gasteiger partial charge in [-0.25, -0.2) is 4.39 Å². The number of carbonyl (C=O) groups is 1. The molecule has 1 aromatic carbocycles. The number of nitrogens with one attached hydrogen (secondary N) is 1. The Balaban J connectivity index is 2.51. The number of aryl methyl sites for hydroxylation is 1. The molecule has 0 bridgehead atoms. The van der Waals surface area contributed by atoms with Crippen molar-refractivity contribution in [1.29, 1.82) is 0 Å². The average molecular weight is 225 g/mol. The summed E-state index contributed by atoms with van der Waals surface area (Å²) in [5, 5.41) is 2.82. The lowest BCUT2D eigenvalue weighted by atomic mass is 10.2. The first-order valence-corrected chi connectivity index (χ1v) is 5.18. The molecule has 0 aromatic heterocycles. The maximum absolute atomic E-state index is 13.0. The molecule has 0 radical (unpaired) electrons. The van der Waals surface area contributed by atoms with Crippen molar-refractivity contribution in [2.75, 3.05) is 11.9 Å². The molecule has 1 N–H and O–H groups in total. The number of halogens is 1. The Hall–Kier alpha value is -1.58. The maximum Gasteiger partial charge on any atom is 0.325 e. The van der Waals surface area contributed by atoms with Gasteiger partial charge >= 0.3 is 5.97 Å². The van der Waals surface area contributed by atoms with Gasteiger partial charge in [-0.2, -0.15) is 0 Å². The van der Waals surface area contributed by atoms with Crippen molar-refractivity contribution in [3.8, 4) is 0 Å². The fourth-order valence-electron chi connectivity index (χ4n) is 1.32. The van der Waals surface area contributed by atoms with E-state index < -0.39 is 0 Å². The van der Waals surface area contributed by atoms with E-state index in [-0.39, 0.29) is 24.4 Å². The number of esters is 1. The van der Waals surface area contributed by atoms with Crippen molar-refractivity contribution in [1.82, 2.24) is 0 Å². The third-order valence-corrected chi connectivity index (χ3v) is 1.85. The van der Waals surface area contributed by atoms with E-state index in [1.807, 2.05) is 0 Å². The molecular formula is C12H16FNO2. The van der Waals surface area contributed by atoms with Crippen LogP contribution in [0.1, 0.15) is 19.4 Å². The molecule has 0 spiro atoms. The standard InChI is InChI=1S/C12H16FNO2/c1-8(2)16-12(15)7-14-11-5-9(3)4-10(13)6-11/h4-6,8,14H,7H2,1-3H3. The molecule has 0 atom stereocenters. The lowest BCUT2D eigenvalue weighted by Gasteiger charge is -2.10. The molecule has 3 nitrogen and oxygen atoms in total. The average Bonchev–Trinajstić information content (AvgIpc) is 2.12. The van der Waals surface area contributed by atoms with Gasteiger partial charge in [0, 0.05) is 5.69 Å². The molecular weight excluding hydrogens is 209 g/mol. The Bertz CT molecular complexity index is 357. The van der Waals surface area contributed by atoms with Crippen LogP contribution >= 0.6 is 0 Å². The predicted molar refractivity (Wildman–Crippen MR) is 60.9 cm³/mol. The molecule has 1 aromatic rings. The van der Waals surface area contributed by atoms with Crippen LogP contribution in [-0.4, -0.2) is 18.6 Å². The van der Waals surface area contributed by atoms with E-state index >= 15 is 0 Å². The van der Waals surface area contributed by atoms with Gasteiger partial charge in [0.2, 0.25) is 0 Å². The van der Waals surface area contributed by atoms with Crippen LogP contribution in [0.3, 0.4) is 0 Å². The highest BCUT2D eigenvalue weighted by molar-refractivity contribution is 5.75. The molecule has 0 aliphatic heterocycles. The topological polar surface area (TPSA) is 38.3 Å². The highest BCUT2D eigenvalue weighted by Crippen LogP contribution is 2.12. The van der Waals surface area contributed by atoms with E-state index in [4.69, 9.17) is 4.74 Å². The monoisotopic (exact) mass is 225 g/mol. The van der Waals surface area contributed by atoms with Gasteiger partial charge in [0.25, 0.3) is 0 Å². The quantitative estimate of drug-likeness (QED) is 0.800. The summed E-state index contributed by atoms with van der Waals surface area (Å²) in [7, 11) is 0. The maximum atomic E-state index is 13.0. The molecule has 4 heteroatoms. The Morgan fingerprint density at radius 1 is 1.44 bits per heavy atom. The number of anilines is 1. The van der Waals surface area contributed by atoms with Crippen molar-refractivity contribution in [3.63, 3.8) is 0 Å². The van der Waals surface area contributed by atoms with Gasteiger partial charge in [-0.3, -0.25) is 4.79 Å². The highest BCUT2D eigenvalue weighted by Gasteiger charge is 2.05. The normalized spacial score (nSPS) is 10.3. The minimum Gasteiger partial charge on any atom is -0.462 e.